The molecule has 0 aromatic carbocycles. The largest absolute Gasteiger partial charge is 0.321 e. The van der Waals surface area contributed by atoms with Gasteiger partial charge in [0.05, 0.1) is 6.04 Å². The average Bonchev–Trinajstić information content (AvgIpc) is 2.28. The summed E-state index contributed by atoms with van der Waals surface area (Å²) in [4.78, 5) is 8.96. The van der Waals surface area contributed by atoms with Gasteiger partial charge < -0.3 is 5.73 Å². The van der Waals surface area contributed by atoms with Crippen LogP contribution in [0, 0.1) is 0 Å². The second-order valence-corrected chi connectivity index (χ2v) is 3.81. The molecule has 0 amide bonds. The van der Waals surface area contributed by atoms with Gasteiger partial charge in [0.1, 0.15) is 5.82 Å². The van der Waals surface area contributed by atoms with Crippen LogP contribution < -0.4 is 5.73 Å². The lowest BCUT2D eigenvalue weighted by Gasteiger charge is -2.11. The monoisotopic (exact) mass is 207 g/mol. The molecule has 3 heteroatoms. The summed E-state index contributed by atoms with van der Waals surface area (Å²) in [7, 11) is 0. The normalized spacial score (nSPS) is 12.8. The zero-order chi connectivity index (χ0) is 11.3. The lowest BCUT2D eigenvalue weighted by atomic mass is 10.1. The molecule has 0 fully saturated rings. The quantitative estimate of drug-likeness (QED) is 0.806. The molecule has 1 aromatic rings. The SMILES string of the molecule is CCCC(N)c1nc(CC)cc(CC)n1. The van der Waals surface area contributed by atoms with Gasteiger partial charge in [-0.2, -0.15) is 0 Å². The molecule has 2 N–H and O–H groups in total. The first-order valence-corrected chi connectivity index (χ1v) is 5.83. The van der Waals surface area contributed by atoms with E-state index in [1.54, 1.807) is 0 Å². The van der Waals surface area contributed by atoms with Crippen molar-refractivity contribution in [3.05, 3.63) is 23.3 Å². The van der Waals surface area contributed by atoms with Gasteiger partial charge in [-0.25, -0.2) is 9.97 Å². The molecule has 0 bridgehead atoms. The van der Waals surface area contributed by atoms with Gasteiger partial charge in [0, 0.05) is 11.4 Å². The van der Waals surface area contributed by atoms with Crippen molar-refractivity contribution in [3.8, 4) is 0 Å². The number of nitrogens with two attached hydrogens (primary N) is 1. The third-order valence-corrected chi connectivity index (χ3v) is 2.51. The highest BCUT2D eigenvalue weighted by molar-refractivity contribution is 5.13. The Morgan fingerprint density at radius 1 is 1.13 bits per heavy atom. The summed E-state index contributed by atoms with van der Waals surface area (Å²) < 4.78 is 0. The molecule has 0 saturated carbocycles. The topological polar surface area (TPSA) is 51.8 Å². The van der Waals surface area contributed by atoms with Crippen molar-refractivity contribution in [1.82, 2.24) is 9.97 Å². The zero-order valence-electron chi connectivity index (χ0n) is 9.95. The van der Waals surface area contributed by atoms with E-state index in [9.17, 15) is 0 Å². The summed E-state index contributed by atoms with van der Waals surface area (Å²) >= 11 is 0. The van der Waals surface area contributed by atoms with E-state index >= 15 is 0 Å². The maximum absolute atomic E-state index is 6.03. The number of aromatic nitrogens is 2. The van der Waals surface area contributed by atoms with Crippen LogP contribution >= 0.6 is 0 Å². The molecule has 3 nitrogen and oxygen atoms in total. The van der Waals surface area contributed by atoms with Crippen LogP contribution in [0.3, 0.4) is 0 Å². The summed E-state index contributed by atoms with van der Waals surface area (Å²) in [5.41, 5.74) is 8.23. The maximum Gasteiger partial charge on any atom is 0.145 e. The summed E-state index contributed by atoms with van der Waals surface area (Å²) in [5, 5.41) is 0. The van der Waals surface area contributed by atoms with Gasteiger partial charge in [0.2, 0.25) is 0 Å². The third kappa shape index (κ3) is 3.27. The van der Waals surface area contributed by atoms with Gasteiger partial charge >= 0.3 is 0 Å². The standard InChI is InChI=1S/C12H21N3/c1-4-7-11(13)12-14-9(5-2)8-10(6-3)15-12/h8,11H,4-7,13H2,1-3H3. The summed E-state index contributed by atoms with van der Waals surface area (Å²) in [5.74, 6) is 0.813. The van der Waals surface area contributed by atoms with Crippen LogP contribution in [-0.2, 0) is 12.8 Å². The van der Waals surface area contributed by atoms with Crippen molar-refractivity contribution in [2.45, 2.75) is 52.5 Å². The minimum Gasteiger partial charge on any atom is -0.321 e. The Hall–Kier alpha value is -0.960. The van der Waals surface area contributed by atoms with E-state index in [2.05, 4.69) is 36.8 Å². The van der Waals surface area contributed by atoms with E-state index in [0.717, 1.165) is 42.9 Å². The highest BCUT2D eigenvalue weighted by Gasteiger charge is 2.10. The summed E-state index contributed by atoms with van der Waals surface area (Å²) in [6, 6.07) is 2.06. The number of nitrogens with zero attached hydrogens (tertiary/aromatic N) is 2. The first-order valence-electron chi connectivity index (χ1n) is 5.83. The second-order valence-electron chi connectivity index (χ2n) is 3.81. The molecule has 1 heterocycles. The zero-order valence-corrected chi connectivity index (χ0v) is 9.95. The molecule has 0 aliphatic heterocycles. The Morgan fingerprint density at radius 2 is 1.67 bits per heavy atom. The lowest BCUT2D eigenvalue weighted by Crippen LogP contribution is -2.15. The van der Waals surface area contributed by atoms with E-state index in [0.29, 0.717) is 0 Å². The van der Waals surface area contributed by atoms with E-state index in [1.807, 2.05) is 0 Å². The van der Waals surface area contributed by atoms with Crippen molar-refractivity contribution in [1.29, 1.82) is 0 Å². The highest BCUT2D eigenvalue weighted by Crippen LogP contribution is 2.13. The van der Waals surface area contributed by atoms with Gasteiger partial charge in [-0.3, -0.25) is 0 Å². The summed E-state index contributed by atoms with van der Waals surface area (Å²) in [6.07, 6.45) is 3.92. The van der Waals surface area contributed by atoms with Crippen LogP contribution in [0.2, 0.25) is 0 Å². The van der Waals surface area contributed by atoms with Crippen LogP contribution in [0.25, 0.3) is 0 Å². The van der Waals surface area contributed by atoms with Crippen molar-refractivity contribution in [3.63, 3.8) is 0 Å². The van der Waals surface area contributed by atoms with Crippen LogP contribution in [0.15, 0.2) is 6.07 Å². The summed E-state index contributed by atoms with van der Waals surface area (Å²) in [6.45, 7) is 6.35. The fourth-order valence-corrected chi connectivity index (χ4v) is 1.54. The van der Waals surface area contributed by atoms with Gasteiger partial charge in [0.15, 0.2) is 0 Å². The molecular weight excluding hydrogens is 186 g/mol. The van der Waals surface area contributed by atoms with Crippen LogP contribution in [-0.4, -0.2) is 9.97 Å². The third-order valence-electron chi connectivity index (χ3n) is 2.51. The molecule has 0 saturated heterocycles. The Bertz CT molecular complexity index is 287. The Kier molecular flexibility index (Phi) is 4.69. The van der Waals surface area contributed by atoms with E-state index in [4.69, 9.17) is 5.73 Å². The van der Waals surface area contributed by atoms with E-state index in [1.165, 1.54) is 0 Å². The van der Waals surface area contributed by atoms with Gasteiger partial charge in [-0.1, -0.05) is 27.2 Å². The average molecular weight is 207 g/mol. The van der Waals surface area contributed by atoms with Crippen LogP contribution in [0.5, 0.6) is 0 Å². The first kappa shape index (κ1) is 12.1. The van der Waals surface area contributed by atoms with Gasteiger partial charge in [-0.05, 0) is 25.3 Å². The fraction of sp³-hybridized carbons (Fsp3) is 0.667. The van der Waals surface area contributed by atoms with E-state index in [-0.39, 0.29) is 6.04 Å². The molecule has 1 unspecified atom stereocenters. The lowest BCUT2D eigenvalue weighted by molar-refractivity contribution is 0.594. The fourth-order valence-electron chi connectivity index (χ4n) is 1.54. The van der Waals surface area contributed by atoms with Gasteiger partial charge in [-0.15, -0.1) is 0 Å². The molecule has 1 aromatic heterocycles. The van der Waals surface area contributed by atoms with Crippen LogP contribution in [0.4, 0.5) is 0 Å². The Balaban J connectivity index is 2.95. The molecular formula is C12H21N3. The predicted octanol–water partition coefficient (Wildman–Crippen LogP) is 2.40. The number of hydrogen-bond donors (Lipinski definition) is 1. The number of aryl methyl sites for hydroxylation is 2. The van der Waals surface area contributed by atoms with Crippen molar-refractivity contribution in [2.75, 3.05) is 0 Å². The van der Waals surface area contributed by atoms with Crippen molar-refractivity contribution < 1.29 is 0 Å². The van der Waals surface area contributed by atoms with Crippen molar-refractivity contribution in [2.24, 2.45) is 5.73 Å². The molecule has 0 spiro atoms. The molecule has 0 aliphatic rings. The van der Waals surface area contributed by atoms with Crippen molar-refractivity contribution >= 4 is 0 Å². The molecule has 0 aliphatic carbocycles. The number of rotatable bonds is 5. The smallest absolute Gasteiger partial charge is 0.145 e. The Morgan fingerprint density at radius 3 is 2.07 bits per heavy atom. The minimum atomic E-state index is -0.00759. The highest BCUT2D eigenvalue weighted by atomic mass is 14.9. The molecule has 15 heavy (non-hydrogen) atoms. The number of hydrogen-bond acceptors (Lipinski definition) is 3. The molecule has 1 rings (SSSR count). The minimum absolute atomic E-state index is 0.00759. The molecule has 84 valence electrons. The molecule has 1 atom stereocenters. The molecule has 0 radical (unpaired) electrons. The first-order chi connectivity index (χ1) is 7.21. The maximum atomic E-state index is 6.03. The van der Waals surface area contributed by atoms with E-state index < -0.39 is 0 Å². The predicted molar refractivity (Wildman–Crippen MR) is 62.6 cm³/mol. The van der Waals surface area contributed by atoms with Gasteiger partial charge in [0.25, 0.3) is 0 Å². The van der Waals surface area contributed by atoms with Crippen LogP contribution in [0.1, 0.15) is 56.9 Å². The Labute approximate surface area is 92.1 Å². The second kappa shape index (κ2) is 5.81.